The number of nitrogens with one attached hydrogen (secondary N) is 2. The molecule has 8 nitrogen and oxygen atoms in total. The smallest absolute Gasteiger partial charge is 0.261 e. The number of hydrogen-bond acceptors (Lipinski definition) is 5. The Morgan fingerprint density at radius 1 is 1.06 bits per heavy atom. The molecule has 33 heavy (non-hydrogen) atoms. The number of anilines is 1. The minimum absolute atomic E-state index is 0.00563. The van der Waals surface area contributed by atoms with Gasteiger partial charge < -0.3 is 24.7 Å². The second-order valence-electron chi connectivity index (χ2n) is 8.22. The summed E-state index contributed by atoms with van der Waals surface area (Å²) in [6.07, 6.45) is 0.821. The molecular weight excluding hydrogens is 422 g/mol. The maximum atomic E-state index is 12.8. The van der Waals surface area contributed by atoms with Crippen LogP contribution in [-0.2, 0) is 4.74 Å². The lowest BCUT2D eigenvalue weighted by atomic mass is 10.1. The molecule has 0 unspecified atom stereocenters. The van der Waals surface area contributed by atoms with Crippen LogP contribution in [0.2, 0.25) is 0 Å². The molecule has 2 amide bonds. The van der Waals surface area contributed by atoms with E-state index in [-0.39, 0.29) is 17.6 Å². The summed E-state index contributed by atoms with van der Waals surface area (Å²) in [4.78, 5) is 42.5. The summed E-state index contributed by atoms with van der Waals surface area (Å²) in [6.45, 7) is 6.27. The maximum Gasteiger partial charge on any atom is 0.261 e. The van der Waals surface area contributed by atoms with E-state index in [9.17, 15) is 14.4 Å². The molecule has 0 bridgehead atoms. The molecule has 1 saturated heterocycles. The van der Waals surface area contributed by atoms with Gasteiger partial charge in [-0.05, 0) is 68.8 Å². The van der Waals surface area contributed by atoms with Crippen molar-refractivity contribution < 1.29 is 19.1 Å². The molecular formula is C25H27N3O5. The van der Waals surface area contributed by atoms with Crippen LogP contribution in [0.5, 0.6) is 5.75 Å². The lowest BCUT2D eigenvalue weighted by Crippen LogP contribution is -2.33. The number of benzene rings is 2. The number of pyridine rings is 1. The SMILES string of the molecule is CC(C)Oc1ccc2[nH]c(=O)c(C(=O)Nc3ccc(C(=O)N4CCCOCC4)cc3)cc2c1. The highest BCUT2D eigenvalue weighted by Gasteiger charge is 2.18. The Morgan fingerprint density at radius 2 is 1.85 bits per heavy atom. The van der Waals surface area contributed by atoms with Crippen LogP contribution >= 0.6 is 0 Å². The molecule has 1 fully saturated rings. The monoisotopic (exact) mass is 449 g/mol. The van der Waals surface area contributed by atoms with Gasteiger partial charge >= 0.3 is 0 Å². The van der Waals surface area contributed by atoms with E-state index in [2.05, 4.69) is 10.3 Å². The first-order valence-electron chi connectivity index (χ1n) is 11.0. The quantitative estimate of drug-likeness (QED) is 0.622. The fraction of sp³-hybridized carbons (Fsp3) is 0.320. The third-order valence-corrected chi connectivity index (χ3v) is 5.33. The van der Waals surface area contributed by atoms with Crippen molar-refractivity contribution in [2.45, 2.75) is 26.4 Å². The van der Waals surface area contributed by atoms with E-state index in [1.54, 1.807) is 53.4 Å². The number of fused-ring (bicyclic) bond motifs is 1. The molecule has 1 aliphatic heterocycles. The van der Waals surface area contributed by atoms with Crippen LogP contribution in [0.3, 0.4) is 0 Å². The molecule has 1 aromatic heterocycles. The molecule has 2 N–H and O–H groups in total. The van der Waals surface area contributed by atoms with E-state index in [1.807, 2.05) is 13.8 Å². The minimum Gasteiger partial charge on any atom is -0.491 e. The zero-order valence-electron chi connectivity index (χ0n) is 18.7. The lowest BCUT2D eigenvalue weighted by Gasteiger charge is -2.19. The minimum atomic E-state index is -0.530. The average molecular weight is 450 g/mol. The molecule has 4 rings (SSSR count). The molecule has 1 aliphatic rings. The van der Waals surface area contributed by atoms with Gasteiger partial charge in [-0.3, -0.25) is 14.4 Å². The van der Waals surface area contributed by atoms with Crippen LogP contribution in [0, 0.1) is 0 Å². The summed E-state index contributed by atoms with van der Waals surface area (Å²) in [5.74, 6) is 0.0629. The summed E-state index contributed by atoms with van der Waals surface area (Å²) in [6, 6.07) is 13.5. The molecule has 0 radical (unpaired) electrons. The summed E-state index contributed by atoms with van der Waals surface area (Å²) in [5.41, 5.74) is 1.17. The second-order valence-corrected chi connectivity index (χ2v) is 8.22. The Hall–Kier alpha value is -3.65. The van der Waals surface area contributed by atoms with E-state index in [4.69, 9.17) is 9.47 Å². The van der Waals surface area contributed by atoms with Gasteiger partial charge in [-0.25, -0.2) is 0 Å². The van der Waals surface area contributed by atoms with Gasteiger partial charge in [0.15, 0.2) is 0 Å². The molecule has 0 saturated carbocycles. The number of H-pyrrole nitrogens is 1. The van der Waals surface area contributed by atoms with Gasteiger partial charge in [-0.15, -0.1) is 0 Å². The number of aromatic nitrogens is 1. The van der Waals surface area contributed by atoms with E-state index < -0.39 is 11.5 Å². The number of ether oxygens (including phenoxy) is 2. The zero-order valence-corrected chi connectivity index (χ0v) is 18.7. The second kappa shape index (κ2) is 9.87. The Kier molecular flexibility index (Phi) is 6.74. The predicted molar refractivity (Wildman–Crippen MR) is 126 cm³/mol. The number of aromatic amines is 1. The lowest BCUT2D eigenvalue weighted by molar-refractivity contribution is 0.0741. The molecule has 2 heterocycles. The largest absolute Gasteiger partial charge is 0.491 e. The fourth-order valence-corrected chi connectivity index (χ4v) is 3.73. The highest BCUT2D eigenvalue weighted by Crippen LogP contribution is 2.21. The van der Waals surface area contributed by atoms with Crippen molar-refractivity contribution in [3.63, 3.8) is 0 Å². The van der Waals surface area contributed by atoms with Crippen LogP contribution in [0.1, 0.15) is 41.0 Å². The van der Waals surface area contributed by atoms with Crippen molar-refractivity contribution in [3.05, 3.63) is 70.0 Å². The van der Waals surface area contributed by atoms with Gasteiger partial charge in [0.05, 0.1) is 12.7 Å². The molecule has 8 heteroatoms. The molecule has 0 atom stereocenters. The van der Waals surface area contributed by atoms with Crippen LogP contribution in [-0.4, -0.2) is 54.1 Å². The molecule has 0 aliphatic carbocycles. The number of rotatable bonds is 5. The number of amides is 2. The van der Waals surface area contributed by atoms with E-state index >= 15 is 0 Å². The molecule has 3 aromatic rings. The van der Waals surface area contributed by atoms with Gasteiger partial charge in [0.2, 0.25) is 0 Å². The third kappa shape index (κ3) is 5.40. The molecule has 2 aromatic carbocycles. The standard InChI is InChI=1S/C25H27N3O5/c1-16(2)33-20-8-9-22-18(14-20)15-21(24(30)27-22)23(29)26-19-6-4-17(5-7-19)25(31)28-10-3-12-32-13-11-28/h4-9,14-16H,3,10-13H2,1-2H3,(H,26,29)(H,27,30). The third-order valence-electron chi connectivity index (χ3n) is 5.33. The van der Waals surface area contributed by atoms with Gasteiger partial charge in [0.1, 0.15) is 11.3 Å². The van der Waals surface area contributed by atoms with Crippen molar-refractivity contribution in [2.24, 2.45) is 0 Å². The fourth-order valence-electron chi connectivity index (χ4n) is 3.73. The average Bonchev–Trinajstić information content (AvgIpc) is 3.08. The van der Waals surface area contributed by atoms with Crippen molar-refractivity contribution in [3.8, 4) is 5.75 Å². The molecule has 172 valence electrons. The van der Waals surface area contributed by atoms with Crippen molar-refractivity contribution in [1.82, 2.24) is 9.88 Å². The highest BCUT2D eigenvalue weighted by atomic mass is 16.5. The Labute approximate surface area is 191 Å². The van der Waals surface area contributed by atoms with E-state index in [0.29, 0.717) is 54.2 Å². The van der Waals surface area contributed by atoms with Crippen molar-refractivity contribution in [1.29, 1.82) is 0 Å². The Morgan fingerprint density at radius 3 is 2.61 bits per heavy atom. The number of carbonyl (C=O) groups is 2. The first kappa shape index (κ1) is 22.5. The predicted octanol–water partition coefficient (Wildman–Crippen LogP) is 3.43. The van der Waals surface area contributed by atoms with Crippen molar-refractivity contribution >= 4 is 28.4 Å². The summed E-state index contributed by atoms with van der Waals surface area (Å²) in [7, 11) is 0. The van der Waals surface area contributed by atoms with Gasteiger partial charge in [0, 0.05) is 41.9 Å². The number of hydrogen-bond donors (Lipinski definition) is 2. The van der Waals surface area contributed by atoms with Crippen molar-refractivity contribution in [2.75, 3.05) is 31.6 Å². The zero-order chi connectivity index (χ0) is 23.4. The molecule has 0 spiro atoms. The first-order chi connectivity index (χ1) is 15.9. The summed E-state index contributed by atoms with van der Waals surface area (Å²) in [5, 5.41) is 3.43. The van der Waals surface area contributed by atoms with E-state index in [1.165, 1.54) is 0 Å². The van der Waals surface area contributed by atoms with Crippen LogP contribution in [0.25, 0.3) is 10.9 Å². The Balaban J connectivity index is 1.49. The maximum absolute atomic E-state index is 12.8. The van der Waals surface area contributed by atoms with Crippen LogP contribution < -0.4 is 15.6 Å². The first-order valence-corrected chi connectivity index (χ1v) is 11.0. The van der Waals surface area contributed by atoms with Crippen LogP contribution in [0.15, 0.2) is 53.3 Å². The van der Waals surface area contributed by atoms with Gasteiger partial charge in [0.25, 0.3) is 17.4 Å². The highest BCUT2D eigenvalue weighted by molar-refractivity contribution is 6.06. The summed E-state index contributed by atoms with van der Waals surface area (Å²) < 4.78 is 11.1. The Bertz CT molecular complexity index is 1210. The van der Waals surface area contributed by atoms with Crippen LogP contribution in [0.4, 0.5) is 5.69 Å². The number of nitrogens with zero attached hydrogens (tertiary/aromatic N) is 1. The summed E-state index contributed by atoms with van der Waals surface area (Å²) >= 11 is 0. The van der Waals surface area contributed by atoms with Gasteiger partial charge in [-0.1, -0.05) is 0 Å². The van der Waals surface area contributed by atoms with E-state index in [0.717, 1.165) is 6.42 Å². The number of carbonyl (C=O) groups excluding carboxylic acids is 2. The topological polar surface area (TPSA) is 101 Å². The normalized spacial score (nSPS) is 14.2. The van der Waals surface area contributed by atoms with Gasteiger partial charge in [-0.2, -0.15) is 0 Å².